The maximum absolute atomic E-state index is 13.6. The number of aliphatic carboxylic acids is 1. The average molecular weight is 608 g/mol. The van der Waals surface area contributed by atoms with Crippen LogP contribution in [0.15, 0.2) is 60.8 Å². The third kappa shape index (κ3) is 10.2. The molecule has 4 atom stereocenters. The summed E-state index contributed by atoms with van der Waals surface area (Å²) in [6, 6.07) is 11.8. The summed E-state index contributed by atoms with van der Waals surface area (Å²) in [4.78, 5) is 66.3. The molecule has 13 nitrogen and oxygen atoms in total. The Balaban J connectivity index is 1.77. The number of nitrogens with two attached hydrogens (primary N) is 3. The third-order valence-electron chi connectivity index (χ3n) is 7.25. The van der Waals surface area contributed by atoms with E-state index in [0.29, 0.717) is 19.4 Å². The number of fused-ring (bicyclic) bond motifs is 1. The predicted octanol–water partition coefficient (Wildman–Crippen LogP) is 0.214. The molecule has 4 unspecified atom stereocenters. The van der Waals surface area contributed by atoms with Crippen molar-refractivity contribution in [1.29, 1.82) is 0 Å². The first-order valence-corrected chi connectivity index (χ1v) is 14.6. The Morgan fingerprint density at radius 1 is 0.773 bits per heavy atom. The van der Waals surface area contributed by atoms with E-state index in [1.165, 1.54) is 0 Å². The van der Waals surface area contributed by atoms with E-state index in [0.717, 1.165) is 22.0 Å². The summed E-state index contributed by atoms with van der Waals surface area (Å²) < 4.78 is 0. The second-order valence-corrected chi connectivity index (χ2v) is 10.7. The van der Waals surface area contributed by atoms with Crippen LogP contribution < -0.4 is 33.2 Å². The van der Waals surface area contributed by atoms with Crippen molar-refractivity contribution in [3.8, 4) is 0 Å². The molecule has 1 heterocycles. The van der Waals surface area contributed by atoms with Crippen molar-refractivity contribution < 1.29 is 29.1 Å². The topological polar surface area (TPSA) is 236 Å². The number of aromatic amines is 1. The maximum atomic E-state index is 13.6. The van der Waals surface area contributed by atoms with E-state index in [1.54, 1.807) is 30.5 Å². The highest BCUT2D eigenvalue weighted by Crippen LogP contribution is 2.19. The van der Waals surface area contributed by atoms with Gasteiger partial charge in [0.2, 0.25) is 23.6 Å². The van der Waals surface area contributed by atoms with E-state index >= 15 is 0 Å². The highest BCUT2D eigenvalue weighted by Gasteiger charge is 2.31. The number of carbonyl (C=O) groups excluding carboxylic acids is 4. The fourth-order valence-corrected chi connectivity index (χ4v) is 4.79. The molecule has 0 aliphatic rings. The smallest absolute Gasteiger partial charge is 0.326 e. The molecule has 0 radical (unpaired) electrons. The van der Waals surface area contributed by atoms with Crippen molar-refractivity contribution in [3.63, 3.8) is 0 Å². The summed E-state index contributed by atoms with van der Waals surface area (Å²) in [6.45, 7) is 0.372. The number of hydrogen-bond donors (Lipinski definition) is 8. The first-order valence-electron chi connectivity index (χ1n) is 14.6. The van der Waals surface area contributed by atoms with Gasteiger partial charge in [-0.15, -0.1) is 0 Å². The normalized spacial score (nSPS) is 13.8. The van der Waals surface area contributed by atoms with Gasteiger partial charge < -0.3 is 43.2 Å². The zero-order valence-corrected chi connectivity index (χ0v) is 24.5. The number of carboxylic acid groups (broad SMARTS) is 1. The lowest BCUT2D eigenvalue weighted by Gasteiger charge is -2.25. The lowest BCUT2D eigenvalue weighted by atomic mass is 10.0. The van der Waals surface area contributed by atoms with Crippen molar-refractivity contribution in [3.05, 3.63) is 71.9 Å². The number of H-pyrrole nitrogens is 1. The largest absolute Gasteiger partial charge is 0.480 e. The molecular formula is C31H41N7O6. The van der Waals surface area contributed by atoms with Gasteiger partial charge in [-0.3, -0.25) is 19.2 Å². The van der Waals surface area contributed by atoms with Crippen LogP contribution in [0.3, 0.4) is 0 Å². The zero-order valence-electron chi connectivity index (χ0n) is 24.5. The Morgan fingerprint density at radius 3 is 2.09 bits per heavy atom. The zero-order chi connectivity index (χ0) is 32.1. The molecule has 3 aromatic rings. The number of amides is 4. The third-order valence-corrected chi connectivity index (χ3v) is 7.25. The van der Waals surface area contributed by atoms with Crippen molar-refractivity contribution in [2.75, 3.05) is 6.54 Å². The molecule has 0 spiro atoms. The van der Waals surface area contributed by atoms with Gasteiger partial charge in [0.25, 0.3) is 0 Å². The number of carbonyl (C=O) groups is 5. The molecule has 0 bridgehead atoms. The number of benzene rings is 2. The quantitative estimate of drug-likeness (QED) is 0.0929. The second-order valence-electron chi connectivity index (χ2n) is 10.7. The first-order chi connectivity index (χ1) is 21.1. The van der Waals surface area contributed by atoms with E-state index in [2.05, 4.69) is 20.9 Å². The van der Waals surface area contributed by atoms with Gasteiger partial charge in [-0.2, -0.15) is 0 Å². The fourth-order valence-electron chi connectivity index (χ4n) is 4.79. The molecule has 0 aliphatic carbocycles. The Hall–Kier alpha value is -4.75. The summed E-state index contributed by atoms with van der Waals surface area (Å²) in [6.07, 6.45) is 2.98. The standard InChI is InChI=1S/C31H41N7O6/c32-15-7-6-12-24(29(41)38-26(31(43)44)17-20-18-35-23-11-5-4-10-21(20)23)36-30(42)25(16-19-8-2-1-3-9-19)37-28(40)22(33)13-14-27(34)39/h1-5,8-11,18,22,24-26,35H,6-7,12-17,32-33H2,(H2,34,39)(H,36,42)(H,37,40)(H,38,41)(H,43,44). The Kier molecular flexibility index (Phi) is 12.9. The second kappa shape index (κ2) is 16.8. The lowest BCUT2D eigenvalue weighted by Crippen LogP contribution is -2.57. The minimum atomic E-state index is -1.27. The molecule has 4 amide bonds. The number of carboxylic acids is 1. The number of primary amides is 1. The van der Waals surface area contributed by atoms with Crippen molar-refractivity contribution in [1.82, 2.24) is 20.9 Å². The summed E-state index contributed by atoms with van der Waals surface area (Å²) in [5, 5.41) is 18.7. The Bertz CT molecular complexity index is 1430. The number of nitrogens with one attached hydrogen (secondary N) is 4. The lowest BCUT2D eigenvalue weighted by molar-refractivity contribution is -0.142. The monoisotopic (exact) mass is 607 g/mol. The van der Waals surface area contributed by atoms with Gasteiger partial charge in [0.05, 0.1) is 6.04 Å². The van der Waals surface area contributed by atoms with Gasteiger partial charge in [-0.1, -0.05) is 48.5 Å². The van der Waals surface area contributed by atoms with Crippen LogP contribution in [-0.2, 0) is 36.8 Å². The summed E-state index contributed by atoms with van der Waals surface area (Å²) in [5.41, 5.74) is 19.0. The Labute approximate surface area is 255 Å². The van der Waals surface area contributed by atoms with E-state index in [9.17, 15) is 29.1 Å². The number of aromatic nitrogens is 1. The number of para-hydroxylation sites is 1. The highest BCUT2D eigenvalue weighted by atomic mass is 16.4. The molecule has 1 aromatic heterocycles. The number of hydrogen-bond acceptors (Lipinski definition) is 7. The molecule has 2 aromatic carbocycles. The predicted molar refractivity (Wildman–Crippen MR) is 165 cm³/mol. The van der Waals surface area contributed by atoms with Crippen LogP contribution in [0.1, 0.15) is 43.2 Å². The molecule has 236 valence electrons. The summed E-state index contributed by atoms with van der Waals surface area (Å²) in [5.74, 6) is -3.82. The molecule has 11 N–H and O–H groups in total. The van der Waals surface area contributed by atoms with Crippen LogP contribution >= 0.6 is 0 Å². The van der Waals surface area contributed by atoms with Crippen molar-refractivity contribution in [2.24, 2.45) is 17.2 Å². The molecule has 0 saturated heterocycles. The maximum Gasteiger partial charge on any atom is 0.326 e. The van der Waals surface area contributed by atoms with Crippen molar-refractivity contribution in [2.45, 2.75) is 69.1 Å². The molecule has 3 rings (SSSR count). The Morgan fingerprint density at radius 2 is 1.41 bits per heavy atom. The van der Waals surface area contributed by atoms with Crippen LogP contribution in [0.25, 0.3) is 10.9 Å². The van der Waals surface area contributed by atoms with Gasteiger partial charge >= 0.3 is 5.97 Å². The van der Waals surface area contributed by atoms with Crippen LogP contribution in [0.2, 0.25) is 0 Å². The molecule has 0 aliphatic heterocycles. The molecule has 44 heavy (non-hydrogen) atoms. The van der Waals surface area contributed by atoms with E-state index in [4.69, 9.17) is 17.2 Å². The van der Waals surface area contributed by atoms with Gasteiger partial charge in [-0.05, 0) is 49.4 Å². The highest BCUT2D eigenvalue weighted by molar-refractivity contribution is 5.94. The van der Waals surface area contributed by atoms with Gasteiger partial charge in [0, 0.05) is 36.4 Å². The SMILES string of the molecule is NCCCCC(NC(=O)C(Cc1ccccc1)NC(=O)C(N)CCC(N)=O)C(=O)NC(Cc1c[nH]c2ccccc12)C(=O)O. The van der Waals surface area contributed by atoms with Gasteiger partial charge in [0.15, 0.2) is 0 Å². The molecule has 0 fully saturated rings. The van der Waals surface area contributed by atoms with E-state index in [-0.39, 0.29) is 32.1 Å². The van der Waals surface area contributed by atoms with Crippen LogP contribution in [0, 0.1) is 0 Å². The van der Waals surface area contributed by atoms with Crippen LogP contribution in [-0.4, -0.2) is 70.4 Å². The van der Waals surface area contributed by atoms with Gasteiger partial charge in [-0.25, -0.2) is 4.79 Å². The summed E-state index contributed by atoms with van der Waals surface area (Å²) in [7, 11) is 0. The minimum Gasteiger partial charge on any atom is -0.480 e. The number of rotatable bonds is 18. The first kappa shape index (κ1) is 33.7. The summed E-state index contributed by atoms with van der Waals surface area (Å²) >= 11 is 0. The number of unbranched alkanes of at least 4 members (excludes halogenated alkanes) is 1. The van der Waals surface area contributed by atoms with E-state index in [1.807, 2.05) is 30.3 Å². The fraction of sp³-hybridized carbons (Fsp3) is 0.387. The molecule has 13 heteroatoms. The van der Waals surface area contributed by atoms with Crippen LogP contribution in [0.5, 0.6) is 0 Å². The van der Waals surface area contributed by atoms with E-state index < -0.39 is 53.8 Å². The van der Waals surface area contributed by atoms with Gasteiger partial charge in [0.1, 0.15) is 18.1 Å². The van der Waals surface area contributed by atoms with Crippen molar-refractivity contribution >= 4 is 40.5 Å². The van der Waals surface area contributed by atoms with Crippen LogP contribution in [0.4, 0.5) is 0 Å². The molecule has 0 saturated carbocycles. The average Bonchev–Trinajstić information content (AvgIpc) is 3.41. The molecular weight excluding hydrogens is 566 g/mol. The minimum absolute atomic E-state index is 0.00202.